The Morgan fingerprint density at radius 3 is 1.15 bits per heavy atom. The van der Waals surface area contributed by atoms with E-state index in [1.54, 1.807) is 0 Å². The zero-order chi connectivity index (χ0) is 59.3. The van der Waals surface area contributed by atoms with Gasteiger partial charge in [-0.25, -0.2) is 0 Å². The summed E-state index contributed by atoms with van der Waals surface area (Å²) in [4.78, 5) is 40.2. The lowest BCUT2D eigenvalue weighted by atomic mass is 10.0. The van der Waals surface area contributed by atoms with Crippen LogP contribution in [0, 0.1) is 0 Å². The first-order chi connectivity index (χ1) is 39.4. The molecule has 3 atom stereocenters. The maximum atomic E-state index is 13.6. The van der Waals surface area contributed by atoms with Crippen molar-refractivity contribution in [1.82, 2.24) is 5.32 Å². The predicted molar refractivity (Wildman–Crippen MR) is 349 cm³/mol. The molecule has 1 amide bonds. The average molecular weight is 1160 g/mol. The first kappa shape index (κ1) is 79.0. The maximum Gasteiger partial charge on any atom is 0.306 e. The Hall–Kier alpha value is -2.03. The highest BCUT2D eigenvalue weighted by Crippen LogP contribution is 2.38. The number of quaternary nitrogens is 1. The van der Waals surface area contributed by atoms with E-state index in [9.17, 15) is 19.0 Å². The molecule has 3 unspecified atom stereocenters. The number of phosphoric acid groups is 1. The summed E-state index contributed by atoms with van der Waals surface area (Å²) in [6, 6.07) is -0.887. The molecule has 0 aliphatic carbocycles. The van der Waals surface area contributed by atoms with Crippen LogP contribution in [0.4, 0.5) is 0 Å². The Bertz CT molecular complexity index is 1520. The second-order valence-corrected chi connectivity index (χ2v) is 26.5. The molecule has 0 aromatic heterocycles. The van der Waals surface area contributed by atoms with Gasteiger partial charge in [0.05, 0.1) is 33.8 Å². The van der Waals surface area contributed by atoms with Gasteiger partial charge < -0.3 is 28.5 Å². The Morgan fingerprint density at radius 2 is 0.753 bits per heavy atom. The lowest BCUT2D eigenvalue weighted by molar-refractivity contribution is -0.870. The van der Waals surface area contributed by atoms with E-state index in [4.69, 9.17) is 13.8 Å². The number of unbranched alkanes of at least 4 members (excludes halogenated alkanes) is 42. The molecule has 9 nitrogen and oxygen atoms in total. The van der Waals surface area contributed by atoms with E-state index in [1.165, 1.54) is 238 Å². The fraction of sp³-hybridized carbons (Fsp3) is 0.859. The smallest absolute Gasteiger partial charge is 0.306 e. The zero-order valence-electron chi connectivity index (χ0n) is 54.5. The number of rotatable bonds is 64. The number of amides is 1. The van der Waals surface area contributed by atoms with Crippen LogP contribution >= 0.6 is 7.82 Å². The van der Waals surface area contributed by atoms with Crippen molar-refractivity contribution in [3.63, 3.8) is 0 Å². The number of likely N-dealkylation sites (N-methyl/N-ethyl adjacent to an activating group) is 1. The summed E-state index contributed by atoms with van der Waals surface area (Å²) in [6.07, 6.45) is 76.5. The summed E-state index contributed by atoms with van der Waals surface area (Å²) in [5.74, 6) is -0.526. The largest absolute Gasteiger partial charge is 0.756 e. The normalized spacial score (nSPS) is 13.8. The second-order valence-electron chi connectivity index (χ2n) is 25.0. The number of hydrogen-bond donors (Lipinski definition) is 1. The molecular formula is C71H135N2O7P. The fourth-order valence-corrected chi connectivity index (χ4v) is 11.1. The van der Waals surface area contributed by atoms with Gasteiger partial charge in [-0.2, -0.15) is 0 Å². The Balaban J connectivity index is 5.09. The van der Waals surface area contributed by atoms with Crippen molar-refractivity contribution in [2.24, 2.45) is 0 Å². The first-order valence-electron chi connectivity index (χ1n) is 34.9. The van der Waals surface area contributed by atoms with Crippen LogP contribution in [-0.2, 0) is 27.9 Å². The molecular weight excluding hydrogens is 1020 g/mol. The minimum atomic E-state index is -4.70. The quantitative estimate of drug-likeness (QED) is 0.0212. The van der Waals surface area contributed by atoms with Gasteiger partial charge >= 0.3 is 5.97 Å². The summed E-state index contributed by atoms with van der Waals surface area (Å²) in [7, 11) is 1.20. The monoisotopic (exact) mass is 1160 g/mol. The van der Waals surface area contributed by atoms with Crippen molar-refractivity contribution in [2.75, 3.05) is 40.9 Å². The minimum Gasteiger partial charge on any atom is -0.756 e. The van der Waals surface area contributed by atoms with Crippen LogP contribution in [-0.4, -0.2) is 69.4 Å². The number of hydrogen-bond acceptors (Lipinski definition) is 7. The van der Waals surface area contributed by atoms with Crippen molar-refractivity contribution in [2.45, 2.75) is 354 Å². The summed E-state index contributed by atoms with van der Waals surface area (Å²) in [5.41, 5.74) is 0. The van der Waals surface area contributed by atoms with Gasteiger partial charge in [-0.15, -0.1) is 0 Å². The van der Waals surface area contributed by atoms with E-state index >= 15 is 0 Å². The number of ether oxygens (including phenoxy) is 1. The molecule has 0 radical (unpaired) electrons. The lowest BCUT2D eigenvalue weighted by Gasteiger charge is -2.30. The third kappa shape index (κ3) is 62.3. The molecule has 10 heteroatoms. The molecule has 0 rings (SSSR count). The molecule has 476 valence electrons. The van der Waals surface area contributed by atoms with E-state index in [1.807, 2.05) is 33.3 Å². The van der Waals surface area contributed by atoms with Gasteiger partial charge in [-0.1, -0.05) is 307 Å². The summed E-state index contributed by atoms with van der Waals surface area (Å²) in [6.45, 7) is 6.87. The van der Waals surface area contributed by atoms with E-state index < -0.39 is 20.0 Å². The van der Waals surface area contributed by atoms with Crippen molar-refractivity contribution in [3.05, 3.63) is 48.6 Å². The topological polar surface area (TPSA) is 114 Å². The molecule has 81 heavy (non-hydrogen) atoms. The number of esters is 1. The molecule has 0 aliphatic heterocycles. The Kier molecular flexibility index (Phi) is 59.5. The standard InChI is InChI=1S/C71H135N2O7P/c1-7-10-13-16-19-22-25-28-30-32-33-34-35-36-37-38-39-41-43-46-49-52-55-58-61-64-71(75)80-69(62-59-56-53-50-47-44-27-24-21-18-15-12-9-3)68(67-79-81(76,77)78-66-65-73(4,5)6)72-70(74)63-60-57-54-51-48-45-42-40-31-29-26-23-20-17-14-11-8-2/h19,22,28,30,33-34,59,62,68-69H,7-18,20-21,23-27,29,31-32,35-58,60-61,63-67H2,1-6H3,(H-,72,74,76,77)/b22-19-,30-28-,34-33-,62-59+. The molecule has 1 N–H and O–H groups in total. The number of carbonyl (C=O) groups is 2. The van der Waals surface area contributed by atoms with E-state index in [-0.39, 0.29) is 31.5 Å². The van der Waals surface area contributed by atoms with Crippen molar-refractivity contribution in [3.8, 4) is 0 Å². The Labute approximate surface area is 503 Å². The highest BCUT2D eigenvalue weighted by atomic mass is 31.2. The molecule has 0 saturated heterocycles. The second kappa shape index (κ2) is 61.1. The van der Waals surface area contributed by atoms with Gasteiger partial charge in [0.1, 0.15) is 19.3 Å². The lowest BCUT2D eigenvalue weighted by Crippen LogP contribution is -2.47. The van der Waals surface area contributed by atoms with Crippen LogP contribution in [0.2, 0.25) is 0 Å². The van der Waals surface area contributed by atoms with Crippen LogP contribution < -0.4 is 10.2 Å². The molecule has 0 aromatic rings. The number of nitrogens with zero attached hydrogens (tertiary/aromatic N) is 1. The van der Waals surface area contributed by atoms with E-state index in [2.05, 4.69) is 62.5 Å². The first-order valence-corrected chi connectivity index (χ1v) is 36.4. The third-order valence-corrected chi connectivity index (χ3v) is 16.7. The summed E-state index contributed by atoms with van der Waals surface area (Å²) in [5, 5.41) is 3.05. The molecule has 0 heterocycles. The fourth-order valence-electron chi connectivity index (χ4n) is 10.4. The van der Waals surface area contributed by atoms with Crippen molar-refractivity contribution < 1.29 is 37.3 Å². The molecule has 0 aliphatic rings. The summed E-state index contributed by atoms with van der Waals surface area (Å²) >= 11 is 0. The number of allylic oxidation sites excluding steroid dienone is 7. The number of nitrogens with one attached hydrogen (secondary N) is 1. The highest BCUT2D eigenvalue weighted by molar-refractivity contribution is 7.45. The van der Waals surface area contributed by atoms with Crippen molar-refractivity contribution >= 4 is 19.7 Å². The van der Waals surface area contributed by atoms with Crippen molar-refractivity contribution in [1.29, 1.82) is 0 Å². The van der Waals surface area contributed by atoms with Crippen LogP contribution in [0.3, 0.4) is 0 Å². The summed E-state index contributed by atoms with van der Waals surface area (Å²) < 4.78 is 30.4. The van der Waals surface area contributed by atoms with Gasteiger partial charge in [-0.05, 0) is 70.3 Å². The molecule has 0 spiro atoms. The van der Waals surface area contributed by atoms with E-state index in [0.29, 0.717) is 17.4 Å². The van der Waals surface area contributed by atoms with Gasteiger partial charge in [-0.3, -0.25) is 14.2 Å². The number of carbonyl (C=O) groups excluding carboxylic acids is 2. The van der Waals surface area contributed by atoms with Gasteiger partial charge in [0.25, 0.3) is 7.82 Å². The van der Waals surface area contributed by atoms with Gasteiger partial charge in [0.15, 0.2) is 0 Å². The molecule has 0 bridgehead atoms. The van der Waals surface area contributed by atoms with Gasteiger partial charge in [0.2, 0.25) is 5.91 Å². The molecule has 0 aromatic carbocycles. The maximum absolute atomic E-state index is 13.6. The molecule has 0 saturated carbocycles. The Morgan fingerprint density at radius 1 is 0.432 bits per heavy atom. The van der Waals surface area contributed by atoms with Crippen LogP contribution in [0.15, 0.2) is 48.6 Å². The molecule has 0 fully saturated rings. The number of phosphoric ester groups is 1. The van der Waals surface area contributed by atoms with Crippen LogP contribution in [0.5, 0.6) is 0 Å². The zero-order valence-corrected chi connectivity index (χ0v) is 55.4. The van der Waals surface area contributed by atoms with E-state index in [0.717, 1.165) is 70.6 Å². The SMILES string of the molecule is CCCCC/C=C\C/C=C\C/C=C\CCCCCCCCCCCCCCC(=O)OC(/C=C/CCCCCCCCCCCCC)C(COP(=O)([O-])OCC[N+](C)(C)C)NC(=O)CCCCCCCCCCCCCCCCCCC. The minimum absolute atomic E-state index is 0.0204. The predicted octanol–water partition coefficient (Wildman–Crippen LogP) is 21.4. The highest BCUT2D eigenvalue weighted by Gasteiger charge is 2.27. The van der Waals surface area contributed by atoms with Crippen LogP contribution in [0.1, 0.15) is 342 Å². The average Bonchev–Trinajstić information content (AvgIpc) is 3.44. The third-order valence-electron chi connectivity index (χ3n) is 15.8. The van der Waals surface area contributed by atoms with Gasteiger partial charge in [0, 0.05) is 12.8 Å². The van der Waals surface area contributed by atoms with Crippen LogP contribution in [0.25, 0.3) is 0 Å².